The summed E-state index contributed by atoms with van der Waals surface area (Å²) in [6.45, 7) is 4.57. The number of carbonyl (C=O) groups is 3. The number of hydrogen-bond donors (Lipinski definition) is 3. The fraction of sp³-hybridized carbons (Fsp3) is 0.786. The summed E-state index contributed by atoms with van der Waals surface area (Å²) >= 11 is 0. The fourth-order valence-corrected chi connectivity index (χ4v) is 1.63. The van der Waals surface area contributed by atoms with E-state index in [4.69, 9.17) is 9.84 Å². The average molecular weight is 302 g/mol. The molecule has 0 rings (SSSR count). The molecule has 0 radical (unpaired) electrons. The maximum atomic E-state index is 11.5. The van der Waals surface area contributed by atoms with Gasteiger partial charge in [0.25, 0.3) is 0 Å². The molecule has 0 aromatic rings. The average Bonchev–Trinajstić information content (AvgIpc) is 2.45. The molecule has 0 fully saturated rings. The highest BCUT2D eigenvalue weighted by atomic mass is 16.5. The van der Waals surface area contributed by atoms with E-state index in [9.17, 15) is 14.4 Å². The van der Waals surface area contributed by atoms with Crippen LogP contribution in [0.5, 0.6) is 0 Å². The molecule has 0 saturated heterocycles. The molecule has 0 aromatic heterocycles. The van der Waals surface area contributed by atoms with Crippen molar-refractivity contribution in [1.82, 2.24) is 10.6 Å². The minimum atomic E-state index is -1.06. The van der Waals surface area contributed by atoms with Gasteiger partial charge in [0, 0.05) is 19.6 Å². The van der Waals surface area contributed by atoms with E-state index in [0.717, 1.165) is 6.42 Å². The lowest BCUT2D eigenvalue weighted by atomic mass is 10.1. The predicted octanol–water partition coefficient (Wildman–Crippen LogP) is 0.679. The molecule has 0 bridgehead atoms. The molecule has 0 saturated carbocycles. The van der Waals surface area contributed by atoms with Crippen molar-refractivity contribution >= 4 is 17.8 Å². The third-order valence-corrected chi connectivity index (χ3v) is 2.78. The number of carbonyl (C=O) groups excluding carboxylic acids is 2. The van der Waals surface area contributed by atoms with E-state index in [0.29, 0.717) is 38.8 Å². The Hall–Kier alpha value is -1.63. The van der Waals surface area contributed by atoms with Crippen molar-refractivity contribution in [1.29, 1.82) is 0 Å². The number of ether oxygens (including phenoxy) is 1. The van der Waals surface area contributed by atoms with E-state index >= 15 is 0 Å². The van der Waals surface area contributed by atoms with Crippen LogP contribution in [0.1, 0.15) is 46.0 Å². The third-order valence-electron chi connectivity index (χ3n) is 2.78. The van der Waals surface area contributed by atoms with Crippen LogP contribution in [0, 0.1) is 0 Å². The van der Waals surface area contributed by atoms with Crippen LogP contribution in [-0.4, -0.2) is 48.7 Å². The van der Waals surface area contributed by atoms with Gasteiger partial charge in [0.05, 0.1) is 0 Å². The number of unbranched alkanes of at least 4 members (excludes halogenated alkanes) is 1. The van der Waals surface area contributed by atoms with Gasteiger partial charge in [0.1, 0.15) is 12.6 Å². The van der Waals surface area contributed by atoms with Crippen molar-refractivity contribution in [2.75, 3.05) is 19.8 Å². The first kappa shape index (κ1) is 19.4. The highest BCUT2D eigenvalue weighted by Crippen LogP contribution is 2.01. The summed E-state index contributed by atoms with van der Waals surface area (Å²) in [7, 11) is 0. The van der Waals surface area contributed by atoms with E-state index in [1.54, 1.807) is 6.92 Å². The number of carboxylic acids is 1. The highest BCUT2D eigenvalue weighted by molar-refractivity contribution is 5.84. The van der Waals surface area contributed by atoms with E-state index in [1.165, 1.54) is 0 Å². The van der Waals surface area contributed by atoms with E-state index in [2.05, 4.69) is 10.6 Å². The number of aliphatic carboxylic acids is 1. The molecule has 21 heavy (non-hydrogen) atoms. The van der Waals surface area contributed by atoms with Gasteiger partial charge >= 0.3 is 5.97 Å². The molecular formula is C14H26N2O5. The molecule has 0 aliphatic carbocycles. The van der Waals surface area contributed by atoms with E-state index < -0.39 is 17.9 Å². The van der Waals surface area contributed by atoms with Gasteiger partial charge in [-0.05, 0) is 25.7 Å². The Balaban J connectivity index is 3.89. The van der Waals surface area contributed by atoms with Gasteiger partial charge in [-0.1, -0.05) is 13.8 Å². The zero-order valence-corrected chi connectivity index (χ0v) is 12.8. The van der Waals surface area contributed by atoms with Gasteiger partial charge in [-0.2, -0.15) is 0 Å². The van der Waals surface area contributed by atoms with Crippen LogP contribution in [0.15, 0.2) is 0 Å². The molecule has 7 nitrogen and oxygen atoms in total. The second kappa shape index (κ2) is 12.1. The van der Waals surface area contributed by atoms with Crippen LogP contribution in [0.2, 0.25) is 0 Å². The number of hydrogen-bond acceptors (Lipinski definition) is 4. The molecule has 1 unspecified atom stereocenters. The Kier molecular flexibility index (Phi) is 11.2. The quantitative estimate of drug-likeness (QED) is 0.460. The topological polar surface area (TPSA) is 105 Å². The second-order valence-electron chi connectivity index (χ2n) is 4.71. The number of nitrogens with one attached hydrogen (secondary N) is 2. The van der Waals surface area contributed by atoms with Crippen LogP contribution >= 0.6 is 0 Å². The van der Waals surface area contributed by atoms with Gasteiger partial charge < -0.3 is 20.5 Å². The van der Waals surface area contributed by atoms with E-state index in [1.807, 2.05) is 6.92 Å². The standard InChI is InChI=1S/C14H26N2O5/c1-3-9-21-10-13(18)16-11(14(19)20)7-5-6-8-15-12(17)4-2/h11H,3-10H2,1-2H3,(H,15,17)(H,16,18)(H,19,20). The van der Waals surface area contributed by atoms with Gasteiger partial charge in [0.2, 0.25) is 11.8 Å². The number of rotatable bonds is 12. The molecule has 0 aromatic carbocycles. The molecule has 0 spiro atoms. The minimum absolute atomic E-state index is 0.0221. The zero-order chi connectivity index (χ0) is 16.1. The van der Waals surface area contributed by atoms with Gasteiger partial charge in [-0.3, -0.25) is 9.59 Å². The zero-order valence-electron chi connectivity index (χ0n) is 12.8. The Bertz CT molecular complexity index is 333. The fourth-order valence-electron chi connectivity index (χ4n) is 1.63. The maximum Gasteiger partial charge on any atom is 0.326 e. The monoisotopic (exact) mass is 302 g/mol. The SMILES string of the molecule is CCCOCC(=O)NC(CCCCNC(=O)CC)C(=O)O. The van der Waals surface area contributed by atoms with Crippen LogP contribution in [0.3, 0.4) is 0 Å². The molecule has 122 valence electrons. The molecule has 0 aliphatic rings. The Morgan fingerprint density at radius 1 is 1.14 bits per heavy atom. The molecule has 3 N–H and O–H groups in total. The van der Waals surface area contributed by atoms with Crippen LogP contribution in [-0.2, 0) is 19.1 Å². The first-order valence-corrected chi connectivity index (χ1v) is 7.37. The summed E-state index contributed by atoms with van der Waals surface area (Å²) in [6.07, 6.45) is 2.86. The first-order valence-electron chi connectivity index (χ1n) is 7.37. The van der Waals surface area contributed by atoms with Gasteiger partial charge in [-0.25, -0.2) is 4.79 Å². The minimum Gasteiger partial charge on any atom is -0.480 e. The van der Waals surface area contributed by atoms with Crippen LogP contribution in [0.4, 0.5) is 0 Å². The van der Waals surface area contributed by atoms with Crippen molar-refractivity contribution in [3.63, 3.8) is 0 Å². The normalized spacial score (nSPS) is 11.7. The molecule has 1 atom stereocenters. The summed E-state index contributed by atoms with van der Waals surface area (Å²) in [5, 5.41) is 14.2. The summed E-state index contributed by atoms with van der Waals surface area (Å²) < 4.78 is 5.05. The molecule has 0 heterocycles. The lowest BCUT2D eigenvalue weighted by molar-refractivity contribution is -0.142. The Labute approximate surface area is 125 Å². The Morgan fingerprint density at radius 3 is 2.43 bits per heavy atom. The number of amides is 2. The smallest absolute Gasteiger partial charge is 0.326 e. The van der Waals surface area contributed by atoms with Crippen molar-refractivity contribution in [2.24, 2.45) is 0 Å². The third kappa shape index (κ3) is 10.8. The maximum absolute atomic E-state index is 11.5. The summed E-state index contributed by atoms with van der Waals surface area (Å²) in [4.78, 5) is 33.6. The predicted molar refractivity (Wildman–Crippen MR) is 77.8 cm³/mol. The van der Waals surface area contributed by atoms with Crippen molar-refractivity contribution in [3.05, 3.63) is 0 Å². The van der Waals surface area contributed by atoms with E-state index in [-0.39, 0.29) is 12.5 Å². The van der Waals surface area contributed by atoms with Gasteiger partial charge in [-0.15, -0.1) is 0 Å². The van der Waals surface area contributed by atoms with Crippen LogP contribution in [0.25, 0.3) is 0 Å². The lowest BCUT2D eigenvalue weighted by Crippen LogP contribution is -2.42. The summed E-state index contributed by atoms with van der Waals surface area (Å²) in [5.74, 6) is -1.50. The van der Waals surface area contributed by atoms with Crippen molar-refractivity contribution in [3.8, 4) is 0 Å². The largest absolute Gasteiger partial charge is 0.480 e. The highest BCUT2D eigenvalue weighted by Gasteiger charge is 2.19. The van der Waals surface area contributed by atoms with Gasteiger partial charge in [0.15, 0.2) is 0 Å². The van der Waals surface area contributed by atoms with Crippen molar-refractivity contribution < 1.29 is 24.2 Å². The number of carboxylic acid groups (broad SMARTS) is 1. The molecule has 2 amide bonds. The molecule has 0 aliphatic heterocycles. The Morgan fingerprint density at radius 2 is 1.86 bits per heavy atom. The second-order valence-corrected chi connectivity index (χ2v) is 4.71. The van der Waals surface area contributed by atoms with Crippen LogP contribution < -0.4 is 10.6 Å². The summed E-state index contributed by atoms with van der Waals surface area (Å²) in [6, 6.07) is -0.912. The van der Waals surface area contributed by atoms with Crippen molar-refractivity contribution in [2.45, 2.75) is 52.0 Å². The first-order chi connectivity index (χ1) is 10.0. The molecule has 7 heteroatoms. The summed E-state index contributed by atoms with van der Waals surface area (Å²) in [5.41, 5.74) is 0. The lowest BCUT2D eigenvalue weighted by Gasteiger charge is -2.14. The molecular weight excluding hydrogens is 276 g/mol.